The highest BCUT2D eigenvalue weighted by atomic mass is 35.5. The molecule has 0 spiro atoms. The van der Waals surface area contributed by atoms with Crippen LogP contribution < -0.4 is 5.32 Å². The summed E-state index contributed by atoms with van der Waals surface area (Å²) >= 11 is 7.36. The quantitative estimate of drug-likeness (QED) is 0.836. The number of nitrogens with one attached hydrogen (secondary N) is 1. The van der Waals surface area contributed by atoms with Crippen LogP contribution in [0.4, 0.5) is 5.69 Å². The first-order chi connectivity index (χ1) is 9.38. The van der Waals surface area contributed by atoms with Crippen LogP contribution in [0.3, 0.4) is 0 Å². The third-order valence-corrected chi connectivity index (χ3v) is 4.21. The fourth-order valence-corrected chi connectivity index (χ4v) is 2.88. The van der Waals surface area contributed by atoms with Gasteiger partial charge in [-0.1, -0.05) is 25.4 Å². The molecule has 0 aliphatic carbocycles. The third kappa shape index (κ3) is 3.11. The number of rotatable bonds is 3. The average molecular weight is 311 g/mol. The topological polar surface area (TPSA) is 62.2 Å². The highest BCUT2D eigenvalue weighted by Gasteiger charge is 2.20. The number of carbonyl (C=O) groups is 1. The lowest BCUT2D eigenvalue weighted by Crippen LogP contribution is -2.14. The number of aromatic nitrogens is 1. The molecule has 0 bridgehead atoms. The number of carbonyl (C=O) groups excluding carboxylic acids is 1. The van der Waals surface area contributed by atoms with Gasteiger partial charge < -0.3 is 10.4 Å². The van der Waals surface area contributed by atoms with E-state index in [-0.39, 0.29) is 23.3 Å². The summed E-state index contributed by atoms with van der Waals surface area (Å²) in [4.78, 5) is 17.5. The fraction of sp³-hybridized carbons (Fsp3) is 0.286. The molecule has 0 saturated carbocycles. The molecule has 6 heteroatoms. The van der Waals surface area contributed by atoms with Crippen molar-refractivity contribution in [2.24, 2.45) is 0 Å². The summed E-state index contributed by atoms with van der Waals surface area (Å²) in [6.45, 7) is 5.89. The van der Waals surface area contributed by atoms with E-state index in [1.165, 1.54) is 23.5 Å². The van der Waals surface area contributed by atoms with Gasteiger partial charge >= 0.3 is 0 Å². The second-order valence-electron chi connectivity index (χ2n) is 4.72. The first kappa shape index (κ1) is 14.8. The van der Waals surface area contributed by atoms with Crippen molar-refractivity contribution in [2.45, 2.75) is 26.7 Å². The molecule has 1 heterocycles. The van der Waals surface area contributed by atoms with E-state index in [0.29, 0.717) is 10.7 Å². The minimum Gasteiger partial charge on any atom is -0.506 e. The van der Waals surface area contributed by atoms with E-state index in [2.05, 4.69) is 10.3 Å². The Hall–Kier alpha value is -1.59. The van der Waals surface area contributed by atoms with Crippen molar-refractivity contribution < 1.29 is 9.90 Å². The second-order valence-corrected chi connectivity index (χ2v) is 6.39. The molecular weight excluding hydrogens is 296 g/mol. The van der Waals surface area contributed by atoms with Crippen LogP contribution in [-0.2, 0) is 0 Å². The number of halogens is 1. The number of amides is 1. The molecule has 106 valence electrons. The Balaban J connectivity index is 2.31. The standard InChI is InChI=1S/C14H15ClN2O2S/c1-7(2)13-12(16-8(3)20-13)14(19)17-10-6-9(15)4-5-11(10)18/h4-7,18H,1-3H3,(H,17,19). The zero-order chi connectivity index (χ0) is 14.9. The van der Waals surface area contributed by atoms with E-state index in [1.54, 1.807) is 6.07 Å². The average Bonchev–Trinajstić information content (AvgIpc) is 2.76. The lowest BCUT2D eigenvalue weighted by molar-refractivity contribution is 0.102. The van der Waals surface area contributed by atoms with Gasteiger partial charge in [-0.2, -0.15) is 0 Å². The number of anilines is 1. The van der Waals surface area contributed by atoms with Crippen molar-refractivity contribution in [2.75, 3.05) is 5.32 Å². The van der Waals surface area contributed by atoms with E-state index < -0.39 is 0 Å². The Labute approximate surface area is 126 Å². The summed E-state index contributed by atoms with van der Waals surface area (Å²) in [5.41, 5.74) is 0.685. The number of phenolic OH excluding ortho intramolecular Hbond substituents is 1. The van der Waals surface area contributed by atoms with Crippen LogP contribution in [0.15, 0.2) is 18.2 Å². The highest BCUT2D eigenvalue weighted by molar-refractivity contribution is 7.12. The van der Waals surface area contributed by atoms with Crippen LogP contribution in [-0.4, -0.2) is 16.0 Å². The molecule has 0 saturated heterocycles. The van der Waals surface area contributed by atoms with E-state index in [4.69, 9.17) is 11.6 Å². The summed E-state index contributed by atoms with van der Waals surface area (Å²) in [6, 6.07) is 4.50. The zero-order valence-electron chi connectivity index (χ0n) is 11.4. The minimum atomic E-state index is -0.337. The van der Waals surface area contributed by atoms with Crippen LogP contribution in [0.2, 0.25) is 5.02 Å². The number of phenols is 1. The molecule has 0 unspecified atom stereocenters. The summed E-state index contributed by atoms with van der Waals surface area (Å²) in [7, 11) is 0. The van der Waals surface area contributed by atoms with Gasteiger partial charge in [0.05, 0.1) is 10.7 Å². The molecule has 20 heavy (non-hydrogen) atoms. The Morgan fingerprint density at radius 3 is 2.80 bits per heavy atom. The number of aryl methyl sites for hydroxylation is 1. The Morgan fingerprint density at radius 2 is 2.15 bits per heavy atom. The van der Waals surface area contributed by atoms with Crippen molar-refractivity contribution in [1.29, 1.82) is 0 Å². The number of aromatic hydroxyl groups is 1. The normalized spacial score (nSPS) is 10.8. The molecule has 0 aliphatic heterocycles. The third-order valence-electron chi connectivity index (χ3n) is 2.71. The summed E-state index contributed by atoms with van der Waals surface area (Å²) in [5, 5.41) is 13.7. The summed E-state index contributed by atoms with van der Waals surface area (Å²) in [6.07, 6.45) is 0. The molecule has 1 aromatic carbocycles. The van der Waals surface area contributed by atoms with Crippen molar-refractivity contribution in [1.82, 2.24) is 4.98 Å². The molecule has 2 rings (SSSR count). The molecule has 1 amide bonds. The minimum absolute atomic E-state index is 0.0270. The lowest BCUT2D eigenvalue weighted by Gasteiger charge is -2.08. The van der Waals surface area contributed by atoms with Gasteiger partial charge in [-0.25, -0.2) is 4.98 Å². The number of hydrogen-bond donors (Lipinski definition) is 2. The molecule has 0 atom stereocenters. The maximum Gasteiger partial charge on any atom is 0.275 e. The molecule has 2 aromatic rings. The molecular formula is C14H15ClN2O2S. The Morgan fingerprint density at radius 1 is 1.45 bits per heavy atom. The molecule has 0 radical (unpaired) electrons. The van der Waals surface area contributed by atoms with Gasteiger partial charge in [0.15, 0.2) is 0 Å². The van der Waals surface area contributed by atoms with Gasteiger partial charge in [0, 0.05) is 9.90 Å². The maximum absolute atomic E-state index is 12.3. The van der Waals surface area contributed by atoms with Gasteiger partial charge in [-0.15, -0.1) is 11.3 Å². The number of thiazole rings is 1. The Kier molecular flexibility index (Phi) is 4.30. The lowest BCUT2D eigenvalue weighted by atomic mass is 10.1. The zero-order valence-corrected chi connectivity index (χ0v) is 13.0. The first-order valence-electron chi connectivity index (χ1n) is 6.15. The van der Waals surface area contributed by atoms with E-state index in [9.17, 15) is 9.90 Å². The second kappa shape index (κ2) is 5.81. The van der Waals surface area contributed by atoms with Crippen LogP contribution in [0.5, 0.6) is 5.75 Å². The van der Waals surface area contributed by atoms with Gasteiger partial charge in [0.2, 0.25) is 0 Å². The van der Waals surface area contributed by atoms with Crippen molar-refractivity contribution in [3.63, 3.8) is 0 Å². The van der Waals surface area contributed by atoms with Crippen LogP contribution in [0, 0.1) is 6.92 Å². The van der Waals surface area contributed by atoms with Crippen LogP contribution >= 0.6 is 22.9 Å². The first-order valence-corrected chi connectivity index (χ1v) is 7.35. The van der Waals surface area contributed by atoms with Gasteiger partial charge in [0.1, 0.15) is 11.4 Å². The largest absolute Gasteiger partial charge is 0.506 e. The molecule has 1 aromatic heterocycles. The molecule has 2 N–H and O–H groups in total. The highest BCUT2D eigenvalue weighted by Crippen LogP contribution is 2.30. The summed E-state index contributed by atoms with van der Waals surface area (Å²) < 4.78 is 0. The smallest absolute Gasteiger partial charge is 0.275 e. The molecule has 0 aliphatic rings. The van der Waals surface area contributed by atoms with E-state index in [1.807, 2.05) is 20.8 Å². The van der Waals surface area contributed by atoms with Crippen molar-refractivity contribution in [3.8, 4) is 5.75 Å². The van der Waals surface area contributed by atoms with Crippen LogP contribution in [0.1, 0.15) is 40.1 Å². The maximum atomic E-state index is 12.3. The van der Waals surface area contributed by atoms with Crippen molar-refractivity contribution >= 4 is 34.5 Å². The van der Waals surface area contributed by atoms with Crippen molar-refractivity contribution in [3.05, 3.63) is 38.8 Å². The van der Waals surface area contributed by atoms with Gasteiger partial charge in [0.25, 0.3) is 5.91 Å². The SMILES string of the molecule is Cc1nc(C(=O)Nc2cc(Cl)ccc2O)c(C(C)C)s1. The van der Waals surface area contributed by atoms with E-state index in [0.717, 1.165) is 9.88 Å². The van der Waals surface area contributed by atoms with Gasteiger partial charge in [-0.05, 0) is 31.0 Å². The number of benzene rings is 1. The monoisotopic (exact) mass is 310 g/mol. The molecule has 4 nitrogen and oxygen atoms in total. The molecule has 0 fully saturated rings. The fourth-order valence-electron chi connectivity index (χ4n) is 1.79. The van der Waals surface area contributed by atoms with Gasteiger partial charge in [-0.3, -0.25) is 4.79 Å². The van der Waals surface area contributed by atoms with E-state index >= 15 is 0 Å². The Bertz CT molecular complexity index is 653. The van der Waals surface area contributed by atoms with Crippen LogP contribution in [0.25, 0.3) is 0 Å². The predicted molar refractivity (Wildman–Crippen MR) is 82.0 cm³/mol. The number of nitrogens with zero attached hydrogens (tertiary/aromatic N) is 1. The predicted octanol–water partition coefficient (Wildman–Crippen LogP) is 4.19. The summed E-state index contributed by atoms with van der Waals surface area (Å²) in [5.74, 6) is -0.147. The number of hydrogen-bond acceptors (Lipinski definition) is 4.